The van der Waals surface area contributed by atoms with Crippen molar-refractivity contribution < 1.29 is 38.5 Å². The van der Waals surface area contributed by atoms with Crippen molar-refractivity contribution in [3.8, 4) is 0 Å². The van der Waals surface area contributed by atoms with Gasteiger partial charge in [-0.25, -0.2) is 29.5 Å². The Bertz CT molecular complexity index is 1400. The van der Waals surface area contributed by atoms with Crippen molar-refractivity contribution in [1.82, 2.24) is 34.8 Å². The van der Waals surface area contributed by atoms with Gasteiger partial charge in [0.15, 0.2) is 0 Å². The Balaban J connectivity index is 1.06. The van der Waals surface area contributed by atoms with Crippen molar-refractivity contribution in [2.24, 2.45) is 0 Å². The Kier molecular flexibility index (Phi) is 14.2. The molecule has 2 aliphatic rings. The number of piperazine rings is 2. The van der Waals surface area contributed by atoms with Crippen LogP contribution in [0.1, 0.15) is 63.9 Å². The first kappa shape index (κ1) is 39.6. The van der Waals surface area contributed by atoms with Gasteiger partial charge in [0.25, 0.3) is 0 Å². The third-order valence-electron chi connectivity index (χ3n) is 7.84. The van der Waals surface area contributed by atoms with Gasteiger partial charge in [-0.05, 0) is 41.5 Å². The predicted octanol–water partition coefficient (Wildman–Crippen LogP) is 2.33. The maximum absolute atomic E-state index is 12.8. The van der Waals surface area contributed by atoms with E-state index in [0.29, 0.717) is 76.5 Å². The number of hydroxylamine groups is 2. The van der Waals surface area contributed by atoms with Gasteiger partial charge in [-0.3, -0.25) is 14.5 Å². The van der Waals surface area contributed by atoms with Crippen molar-refractivity contribution in [3.63, 3.8) is 0 Å². The van der Waals surface area contributed by atoms with Crippen LogP contribution in [-0.2, 0) is 30.4 Å². The van der Waals surface area contributed by atoms with Crippen molar-refractivity contribution in [1.29, 1.82) is 0 Å². The van der Waals surface area contributed by atoms with Crippen LogP contribution in [-0.4, -0.2) is 154 Å². The SMILES string of the molecule is CC(C)(C)OC(=O)N(Cc1cnc(N2CCN(C(=O)CCOCCOCCN3CCN(c4ncc(C(=O)O)cn4)CC3)CC2)nc1)OC(C)(C)C. The molecule has 2 fully saturated rings. The number of aromatic carboxylic acids is 1. The van der Waals surface area contributed by atoms with Gasteiger partial charge in [0, 0.05) is 89.3 Å². The van der Waals surface area contributed by atoms with Crippen LogP contribution < -0.4 is 9.80 Å². The fraction of sp³-hybridized carbons (Fsp3) is 0.676. The minimum atomic E-state index is -1.04. The predicted molar refractivity (Wildman–Crippen MR) is 187 cm³/mol. The van der Waals surface area contributed by atoms with E-state index in [9.17, 15) is 14.4 Å². The largest absolute Gasteiger partial charge is 0.478 e. The topological polar surface area (TPSA) is 176 Å². The van der Waals surface area contributed by atoms with Gasteiger partial charge in [0.2, 0.25) is 17.8 Å². The summed E-state index contributed by atoms with van der Waals surface area (Å²) < 4.78 is 16.9. The molecule has 282 valence electrons. The van der Waals surface area contributed by atoms with E-state index in [-0.39, 0.29) is 18.0 Å². The van der Waals surface area contributed by atoms with Crippen molar-refractivity contribution >= 4 is 29.9 Å². The molecular weight excluding hydrogens is 662 g/mol. The molecule has 0 aliphatic carbocycles. The zero-order valence-electron chi connectivity index (χ0n) is 30.7. The average molecular weight is 716 g/mol. The monoisotopic (exact) mass is 715 g/mol. The molecule has 4 heterocycles. The molecule has 0 unspecified atom stereocenters. The van der Waals surface area contributed by atoms with Crippen LogP contribution >= 0.6 is 0 Å². The summed E-state index contributed by atoms with van der Waals surface area (Å²) in [7, 11) is 0. The minimum absolute atomic E-state index is 0.0512. The first-order chi connectivity index (χ1) is 24.2. The van der Waals surface area contributed by atoms with E-state index < -0.39 is 23.3 Å². The lowest BCUT2D eigenvalue weighted by molar-refractivity contribution is -0.216. The lowest BCUT2D eigenvalue weighted by Crippen LogP contribution is -2.49. The molecule has 0 spiro atoms. The number of anilines is 2. The van der Waals surface area contributed by atoms with Gasteiger partial charge >= 0.3 is 12.1 Å². The standard InChI is InChI=1S/C34H53N9O8/c1-33(2,3)50-32(47)43(51-34(4,5)6)25-26-21-35-30(36-22-26)42-14-12-40(13-15-42)28(44)7-17-48-19-20-49-18-16-39-8-10-41(11-9-39)31-37-23-27(24-38-31)29(45)46/h21-24H,7-20,25H2,1-6H3,(H,45,46). The molecule has 2 aromatic rings. The highest BCUT2D eigenvalue weighted by atomic mass is 16.7. The summed E-state index contributed by atoms with van der Waals surface area (Å²) in [4.78, 5) is 68.0. The molecule has 2 saturated heterocycles. The van der Waals surface area contributed by atoms with Gasteiger partial charge in [-0.2, -0.15) is 5.06 Å². The Hall–Kier alpha value is -4.19. The number of ether oxygens (including phenoxy) is 3. The molecule has 51 heavy (non-hydrogen) atoms. The summed E-state index contributed by atoms with van der Waals surface area (Å²) in [6, 6.07) is 0. The molecule has 17 heteroatoms. The summed E-state index contributed by atoms with van der Waals surface area (Å²) in [6.07, 6.45) is 5.74. The molecule has 17 nitrogen and oxygen atoms in total. The summed E-state index contributed by atoms with van der Waals surface area (Å²) in [5.41, 5.74) is -0.493. The molecule has 0 radical (unpaired) electrons. The summed E-state index contributed by atoms with van der Waals surface area (Å²) >= 11 is 0. The Labute approximate surface area is 299 Å². The lowest BCUT2D eigenvalue weighted by Gasteiger charge is -2.35. The third kappa shape index (κ3) is 13.5. The quantitative estimate of drug-likeness (QED) is 0.210. The number of carboxylic acid groups (broad SMARTS) is 1. The number of hydrogen-bond acceptors (Lipinski definition) is 14. The molecule has 0 bridgehead atoms. The zero-order valence-corrected chi connectivity index (χ0v) is 30.7. The number of aromatic nitrogens is 4. The number of amides is 2. The molecule has 2 aromatic heterocycles. The number of carbonyl (C=O) groups excluding carboxylic acids is 2. The molecule has 0 atom stereocenters. The van der Waals surface area contributed by atoms with Crippen LogP contribution in [0.4, 0.5) is 16.7 Å². The van der Waals surface area contributed by atoms with Crippen LogP contribution in [0.5, 0.6) is 0 Å². The van der Waals surface area contributed by atoms with Crippen LogP contribution in [0.25, 0.3) is 0 Å². The highest BCUT2D eigenvalue weighted by molar-refractivity contribution is 5.86. The van der Waals surface area contributed by atoms with Gasteiger partial charge in [-0.15, -0.1) is 0 Å². The van der Waals surface area contributed by atoms with E-state index in [2.05, 4.69) is 24.8 Å². The van der Waals surface area contributed by atoms with E-state index in [0.717, 1.165) is 32.7 Å². The molecule has 2 amide bonds. The van der Waals surface area contributed by atoms with Crippen molar-refractivity contribution in [2.75, 3.05) is 95.1 Å². The van der Waals surface area contributed by atoms with E-state index in [1.165, 1.54) is 17.5 Å². The fourth-order valence-electron chi connectivity index (χ4n) is 5.29. The van der Waals surface area contributed by atoms with Gasteiger partial charge in [0.1, 0.15) is 5.60 Å². The molecule has 0 aromatic carbocycles. The second-order valence-electron chi connectivity index (χ2n) is 14.4. The van der Waals surface area contributed by atoms with Crippen LogP contribution in [0.2, 0.25) is 0 Å². The molecule has 4 rings (SSSR count). The summed E-state index contributed by atoms with van der Waals surface area (Å²) in [5.74, 6) is 0.120. The Morgan fingerprint density at radius 2 is 1.25 bits per heavy atom. The molecule has 0 saturated carbocycles. The van der Waals surface area contributed by atoms with Gasteiger partial charge in [0.05, 0.1) is 50.6 Å². The first-order valence-electron chi connectivity index (χ1n) is 17.4. The fourth-order valence-corrected chi connectivity index (χ4v) is 5.29. The number of nitrogens with zero attached hydrogens (tertiary/aromatic N) is 9. The van der Waals surface area contributed by atoms with Crippen molar-refractivity contribution in [2.45, 2.75) is 65.7 Å². The number of rotatable bonds is 15. The van der Waals surface area contributed by atoms with E-state index in [1.807, 2.05) is 35.5 Å². The first-order valence-corrected chi connectivity index (χ1v) is 17.4. The number of carboxylic acids is 1. The highest BCUT2D eigenvalue weighted by Crippen LogP contribution is 2.19. The van der Waals surface area contributed by atoms with E-state index in [1.54, 1.807) is 33.2 Å². The van der Waals surface area contributed by atoms with Crippen LogP contribution in [0.3, 0.4) is 0 Å². The highest BCUT2D eigenvalue weighted by Gasteiger charge is 2.28. The van der Waals surface area contributed by atoms with Gasteiger partial charge in [-0.1, -0.05) is 0 Å². The van der Waals surface area contributed by atoms with E-state index in [4.69, 9.17) is 24.2 Å². The third-order valence-corrected chi connectivity index (χ3v) is 7.84. The molecule has 2 aliphatic heterocycles. The average Bonchev–Trinajstić information content (AvgIpc) is 3.08. The van der Waals surface area contributed by atoms with Crippen LogP contribution in [0.15, 0.2) is 24.8 Å². The Morgan fingerprint density at radius 3 is 1.78 bits per heavy atom. The van der Waals surface area contributed by atoms with Crippen LogP contribution in [0, 0.1) is 0 Å². The normalized spacial score (nSPS) is 15.9. The minimum Gasteiger partial charge on any atom is -0.478 e. The smallest absolute Gasteiger partial charge is 0.434 e. The maximum atomic E-state index is 12.8. The van der Waals surface area contributed by atoms with E-state index >= 15 is 0 Å². The second-order valence-corrected chi connectivity index (χ2v) is 14.4. The number of hydrogen-bond donors (Lipinski definition) is 1. The second kappa shape index (κ2) is 18.3. The molecule has 1 N–H and O–H groups in total. The number of carbonyl (C=O) groups is 3. The van der Waals surface area contributed by atoms with Gasteiger partial charge < -0.3 is 34.0 Å². The molecular formula is C34H53N9O8. The summed E-state index contributed by atoms with van der Waals surface area (Å²) in [5, 5.41) is 10.2. The zero-order chi connectivity index (χ0) is 37.0. The maximum Gasteiger partial charge on any atom is 0.434 e. The van der Waals surface area contributed by atoms with Crippen molar-refractivity contribution in [3.05, 3.63) is 35.9 Å². The summed E-state index contributed by atoms with van der Waals surface area (Å²) in [6.45, 7) is 19.3. The Morgan fingerprint density at radius 1 is 0.725 bits per heavy atom. The lowest BCUT2D eigenvalue weighted by atomic mass is 10.2.